The highest BCUT2D eigenvalue weighted by atomic mass is 32.2. The van der Waals surface area contributed by atoms with E-state index in [4.69, 9.17) is 5.73 Å². The van der Waals surface area contributed by atoms with E-state index in [0.29, 0.717) is 24.9 Å². The number of nitrogen functional groups attached to an aromatic ring is 1. The van der Waals surface area contributed by atoms with Crippen molar-refractivity contribution in [3.8, 4) is 0 Å². The summed E-state index contributed by atoms with van der Waals surface area (Å²) < 4.78 is 28.4. The summed E-state index contributed by atoms with van der Waals surface area (Å²) in [5, 5.41) is 3.94. The minimum atomic E-state index is -3.50. The molecule has 0 saturated heterocycles. The van der Waals surface area contributed by atoms with Crippen LogP contribution < -0.4 is 5.73 Å². The Labute approximate surface area is 113 Å². The van der Waals surface area contributed by atoms with Gasteiger partial charge in [-0.05, 0) is 37.5 Å². The lowest BCUT2D eigenvalue weighted by Gasteiger charge is -2.21. The summed E-state index contributed by atoms with van der Waals surface area (Å²) in [5.74, 6) is 1.16. The molecule has 2 saturated carbocycles. The number of sulfonamides is 1. The molecule has 0 aliphatic heterocycles. The van der Waals surface area contributed by atoms with Crippen molar-refractivity contribution < 1.29 is 8.42 Å². The molecule has 0 spiro atoms. The highest BCUT2D eigenvalue weighted by Gasteiger charge is 2.37. The van der Waals surface area contributed by atoms with Crippen molar-refractivity contribution in [2.45, 2.75) is 30.6 Å². The van der Waals surface area contributed by atoms with Gasteiger partial charge in [0.1, 0.15) is 4.90 Å². The maximum absolute atomic E-state index is 12.7. The van der Waals surface area contributed by atoms with E-state index in [0.717, 1.165) is 25.7 Å². The van der Waals surface area contributed by atoms with E-state index in [-0.39, 0.29) is 10.7 Å². The van der Waals surface area contributed by atoms with Gasteiger partial charge >= 0.3 is 0 Å². The average Bonchev–Trinajstić information content (AvgIpc) is 3.21. The number of anilines is 1. The lowest BCUT2D eigenvalue weighted by molar-refractivity contribution is 0.382. The second kappa shape index (κ2) is 4.49. The second-order valence-corrected chi connectivity index (χ2v) is 7.67. The van der Waals surface area contributed by atoms with Gasteiger partial charge < -0.3 is 5.73 Å². The van der Waals surface area contributed by atoms with Gasteiger partial charge in [0, 0.05) is 26.3 Å². The summed E-state index contributed by atoms with van der Waals surface area (Å²) in [6.07, 6.45) is 6.05. The van der Waals surface area contributed by atoms with Crippen LogP contribution in [0, 0.1) is 11.8 Å². The van der Waals surface area contributed by atoms with E-state index in [1.807, 2.05) is 0 Å². The number of aryl methyl sites for hydroxylation is 1. The first-order valence-electron chi connectivity index (χ1n) is 6.76. The molecule has 0 radical (unpaired) electrons. The number of aromatic nitrogens is 2. The molecule has 0 atom stereocenters. The highest BCUT2D eigenvalue weighted by molar-refractivity contribution is 7.89. The van der Waals surface area contributed by atoms with Crippen molar-refractivity contribution in [2.24, 2.45) is 18.9 Å². The first kappa shape index (κ1) is 12.9. The van der Waals surface area contributed by atoms with Crippen LogP contribution in [0.3, 0.4) is 0 Å². The van der Waals surface area contributed by atoms with E-state index >= 15 is 0 Å². The van der Waals surface area contributed by atoms with Gasteiger partial charge in [-0.25, -0.2) is 8.42 Å². The lowest BCUT2D eigenvalue weighted by atomic mass is 10.4. The summed E-state index contributed by atoms with van der Waals surface area (Å²) in [4.78, 5) is 0.149. The highest BCUT2D eigenvalue weighted by Crippen LogP contribution is 2.36. The number of rotatable bonds is 6. The third kappa shape index (κ3) is 2.76. The SMILES string of the molecule is Cn1cc(S(=O)(=O)N(CC2CC2)CC2CC2)c(N)n1. The van der Waals surface area contributed by atoms with Crippen LogP contribution >= 0.6 is 0 Å². The minimum Gasteiger partial charge on any atom is -0.381 e. The zero-order valence-electron chi connectivity index (χ0n) is 11.1. The molecule has 2 aliphatic rings. The Morgan fingerprint density at radius 2 is 1.84 bits per heavy atom. The fourth-order valence-corrected chi connectivity index (χ4v) is 3.95. The Balaban J connectivity index is 1.87. The summed E-state index contributed by atoms with van der Waals surface area (Å²) in [5.41, 5.74) is 5.72. The molecule has 2 fully saturated rings. The predicted octanol–water partition coefficient (Wildman–Crippen LogP) is 0.813. The van der Waals surface area contributed by atoms with Crippen LogP contribution in [0.1, 0.15) is 25.7 Å². The normalized spacial score (nSPS) is 20.1. The molecule has 0 aromatic carbocycles. The van der Waals surface area contributed by atoms with E-state index in [1.54, 1.807) is 11.4 Å². The third-order valence-corrected chi connectivity index (χ3v) is 5.61. The standard InChI is InChI=1S/C12H20N4O2S/c1-15-8-11(12(13)14-15)19(17,18)16(6-9-2-3-9)7-10-4-5-10/h8-10H,2-7H2,1H3,(H2,13,14). The van der Waals surface area contributed by atoms with E-state index in [2.05, 4.69) is 5.10 Å². The summed E-state index contributed by atoms with van der Waals surface area (Å²) in [6, 6.07) is 0. The molecule has 19 heavy (non-hydrogen) atoms. The average molecular weight is 284 g/mol. The van der Waals surface area contributed by atoms with Gasteiger partial charge in [-0.3, -0.25) is 4.68 Å². The molecule has 6 nitrogen and oxygen atoms in total. The zero-order valence-corrected chi connectivity index (χ0v) is 11.9. The third-order valence-electron chi connectivity index (χ3n) is 3.76. The van der Waals surface area contributed by atoms with Crippen LogP contribution in [0.5, 0.6) is 0 Å². The Hall–Kier alpha value is -1.08. The van der Waals surface area contributed by atoms with Crippen molar-refractivity contribution in [1.29, 1.82) is 0 Å². The number of hydrogen-bond acceptors (Lipinski definition) is 4. The molecule has 106 valence electrons. The van der Waals surface area contributed by atoms with Crippen LogP contribution in [-0.4, -0.2) is 35.6 Å². The molecular weight excluding hydrogens is 264 g/mol. The topological polar surface area (TPSA) is 81.2 Å². The number of hydrogen-bond donors (Lipinski definition) is 1. The zero-order chi connectivity index (χ0) is 13.6. The molecule has 2 N–H and O–H groups in total. The molecule has 1 aromatic rings. The minimum absolute atomic E-state index is 0.0964. The van der Waals surface area contributed by atoms with Gasteiger partial charge in [0.2, 0.25) is 10.0 Å². The smallest absolute Gasteiger partial charge is 0.248 e. The van der Waals surface area contributed by atoms with Crippen LogP contribution in [0.2, 0.25) is 0 Å². The van der Waals surface area contributed by atoms with Crippen molar-refractivity contribution in [3.63, 3.8) is 0 Å². The van der Waals surface area contributed by atoms with Gasteiger partial charge in [-0.15, -0.1) is 0 Å². The first-order valence-corrected chi connectivity index (χ1v) is 8.20. The molecule has 0 amide bonds. The Morgan fingerprint density at radius 3 is 2.21 bits per heavy atom. The van der Waals surface area contributed by atoms with Gasteiger partial charge in [-0.1, -0.05) is 0 Å². The van der Waals surface area contributed by atoms with Crippen molar-refractivity contribution in [3.05, 3.63) is 6.20 Å². The Kier molecular flexibility index (Phi) is 3.05. The maximum atomic E-state index is 12.7. The Bertz CT molecular complexity index is 559. The molecular formula is C12H20N4O2S. The summed E-state index contributed by atoms with van der Waals surface area (Å²) in [6.45, 7) is 1.26. The Morgan fingerprint density at radius 1 is 1.32 bits per heavy atom. The summed E-state index contributed by atoms with van der Waals surface area (Å²) in [7, 11) is -1.81. The van der Waals surface area contributed by atoms with E-state index in [9.17, 15) is 8.42 Å². The van der Waals surface area contributed by atoms with Crippen LogP contribution in [0.4, 0.5) is 5.82 Å². The van der Waals surface area contributed by atoms with Crippen molar-refractivity contribution in [1.82, 2.24) is 14.1 Å². The predicted molar refractivity (Wildman–Crippen MR) is 71.8 cm³/mol. The molecule has 7 heteroatoms. The summed E-state index contributed by atoms with van der Waals surface area (Å²) >= 11 is 0. The van der Waals surface area contributed by atoms with E-state index < -0.39 is 10.0 Å². The van der Waals surface area contributed by atoms with Crippen LogP contribution in [-0.2, 0) is 17.1 Å². The van der Waals surface area contributed by atoms with Gasteiger partial charge in [-0.2, -0.15) is 9.40 Å². The van der Waals surface area contributed by atoms with Crippen molar-refractivity contribution >= 4 is 15.8 Å². The number of nitrogens with zero attached hydrogens (tertiary/aromatic N) is 3. The quantitative estimate of drug-likeness (QED) is 0.838. The lowest BCUT2D eigenvalue weighted by Crippen LogP contribution is -2.35. The molecule has 1 heterocycles. The largest absolute Gasteiger partial charge is 0.381 e. The second-order valence-electron chi connectivity index (χ2n) is 5.76. The van der Waals surface area contributed by atoms with Gasteiger partial charge in [0.05, 0.1) is 0 Å². The fourth-order valence-electron chi connectivity index (χ4n) is 2.27. The first-order chi connectivity index (χ1) is 8.96. The van der Waals surface area contributed by atoms with Crippen LogP contribution in [0.25, 0.3) is 0 Å². The molecule has 2 aliphatic carbocycles. The van der Waals surface area contributed by atoms with Crippen molar-refractivity contribution in [2.75, 3.05) is 18.8 Å². The van der Waals surface area contributed by atoms with Gasteiger partial charge in [0.25, 0.3) is 0 Å². The maximum Gasteiger partial charge on any atom is 0.248 e. The van der Waals surface area contributed by atoms with E-state index in [1.165, 1.54) is 10.9 Å². The van der Waals surface area contributed by atoms with Gasteiger partial charge in [0.15, 0.2) is 5.82 Å². The monoisotopic (exact) mass is 284 g/mol. The molecule has 3 rings (SSSR count). The fraction of sp³-hybridized carbons (Fsp3) is 0.750. The molecule has 0 unspecified atom stereocenters. The molecule has 1 aromatic heterocycles. The molecule has 0 bridgehead atoms. The number of nitrogens with two attached hydrogens (primary N) is 1. The van der Waals surface area contributed by atoms with Crippen LogP contribution in [0.15, 0.2) is 11.1 Å².